The Kier molecular flexibility index (Phi) is 4.06. The van der Waals surface area contributed by atoms with Crippen LogP contribution in [0.25, 0.3) is 0 Å². The largest absolute Gasteiger partial charge is 0.370 e. The van der Waals surface area contributed by atoms with Gasteiger partial charge in [-0.3, -0.25) is 4.98 Å². The van der Waals surface area contributed by atoms with E-state index < -0.39 is 0 Å². The average molecular weight is 258 g/mol. The average Bonchev–Trinajstić information content (AvgIpc) is 2.38. The second kappa shape index (κ2) is 5.58. The van der Waals surface area contributed by atoms with Crippen LogP contribution in [0.5, 0.6) is 0 Å². The van der Waals surface area contributed by atoms with E-state index in [1.807, 2.05) is 19.9 Å². The molecule has 1 fully saturated rings. The Morgan fingerprint density at radius 3 is 2.58 bits per heavy atom. The monoisotopic (exact) mass is 258 g/mol. The van der Waals surface area contributed by atoms with Gasteiger partial charge in [-0.05, 0) is 52.9 Å². The van der Waals surface area contributed by atoms with Gasteiger partial charge in [-0.25, -0.2) is 0 Å². The summed E-state index contributed by atoms with van der Waals surface area (Å²) in [5.74, 6) is 0. The van der Waals surface area contributed by atoms with Crippen LogP contribution in [0, 0.1) is 25.2 Å². The van der Waals surface area contributed by atoms with Crippen LogP contribution in [0.2, 0.25) is 0 Å². The van der Waals surface area contributed by atoms with Gasteiger partial charge in [0.15, 0.2) is 0 Å². The van der Waals surface area contributed by atoms with E-state index in [4.69, 9.17) is 0 Å². The van der Waals surface area contributed by atoms with Crippen molar-refractivity contribution in [1.29, 1.82) is 5.26 Å². The third-order valence-electron chi connectivity index (χ3n) is 4.04. The second-order valence-electron chi connectivity index (χ2n) is 5.50. The van der Waals surface area contributed by atoms with E-state index in [1.165, 1.54) is 0 Å². The highest BCUT2D eigenvalue weighted by Gasteiger charge is 2.23. The maximum atomic E-state index is 9.35. The SMILES string of the molecule is Cc1cc(N(C)C2CCN(C)CC2)c(C#N)c(C)n1. The Labute approximate surface area is 115 Å². The lowest BCUT2D eigenvalue weighted by molar-refractivity contribution is 0.253. The first kappa shape index (κ1) is 13.8. The van der Waals surface area contributed by atoms with Crippen molar-refractivity contribution in [2.24, 2.45) is 0 Å². The molecule has 0 unspecified atom stereocenters. The first-order valence-corrected chi connectivity index (χ1v) is 6.82. The van der Waals surface area contributed by atoms with Crippen molar-refractivity contribution >= 4 is 5.69 Å². The fourth-order valence-corrected chi connectivity index (χ4v) is 2.80. The molecule has 1 aliphatic heterocycles. The first-order valence-electron chi connectivity index (χ1n) is 6.82. The van der Waals surface area contributed by atoms with Crippen LogP contribution >= 0.6 is 0 Å². The van der Waals surface area contributed by atoms with Crippen molar-refractivity contribution in [2.75, 3.05) is 32.1 Å². The molecule has 0 N–H and O–H groups in total. The van der Waals surface area contributed by atoms with Gasteiger partial charge in [-0.1, -0.05) is 0 Å². The summed E-state index contributed by atoms with van der Waals surface area (Å²) in [6, 6.07) is 4.85. The number of piperidine rings is 1. The molecule has 102 valence electrons. The Bertz CT molecular complexity index is 496. The third-order valence-corrected chi connectivity index (χ3v) is 4.04. The molecule has 1 aliphatic rings. The van der Waals surface area contributed by atoms with Crippen LogP contribution in [0.15, 0.2) is 6.07 Å². The van der Waals surface area contributed by atoms with Crippen LogP contribution in [0.1, 0.15) is 29.8 Å². The lowest BCUT2D eigenvalue weighted by atomic mass is 10.0. The van der Waals surface area contributed by atoms with Crippen molar-refractivity contribution in [3.63, 3.8) is 0 Å². The normalized spacial score (nSPS) is 17.2. The lowest BCUT2D eigenvalue weighted by Crippen LogP contribution is -2.42. The maximum Gasteiger partial charge on any atom is 0.103 e. The van der Waals surface area contributed by atoms with Gasteiger partial charge in [0, 0.05) is 18.8 Å². The van der Waals surface area contributed by atoms with E-state index in [-0.39, 0.29) is 0 Å². The number of nitrogens with zero attached hydrogens (tertiary/aromatic N) is 4. The van der Waals surface area contributed by atoms with E-state index >= 15 is 0 Å². The van der Waals surface area contributed by atoms with Crippen LogP contribution in [0.3, 0.4) is 0 Å². The maximum absolute atomic E-state index is 9.35. The number of aryl methyl sites for hydroxylation is 2. The van der Waals surface area contributed by atoms with Crippen LogP contribution in [-0.4, -0.2) is 43.1 Å². The topological polar surface area (TPSA) is 43.2 Å². The highest BCUT2D eigenvalue weighted by Crippen LogP contribution is 2.27. The molecule has 4 nitrogen and oxygen atoms in total. The van der Waals surface area contributed by atoms with Crippen molar-refractivity contribution in [2.45, 2.75) is 32.7 Å². The van der Waals surface area contributed by atoms with Crippen LogP contribution in [-0.2, 0) is 0 Å². The fraction of sp³-hybridized carbons (Fsp3) is 0.600. The Hall–Kier alpha value is -1.60. The van der Waals surface area contributed by atoms with E-state index in [0.717, 1.165) is 43.0 Å². The molecule has 0 saturated carbocycles. The molecule has 1 aromatic rings. The Balaban J connectivity index is 2.28. The highest BCUT2D eigenvalue weighted by atomic mass is 15.2. The summed E-state index contributed by atoms with van der Waals surface area (Å²) >= 11 is 0. The zero-order valence-corrected chi connectivity index (χ0v) is 12.3. The van der Waals surface area contributed by atoms with Crippen molar-refractivity contribution in [3.8, 4) is 6.07 Å². The van der Waals surface area contributed by atoms with Gasteiger partial charge < -0.3 is 9.80 Å². The predicted octanol–water partition coefficient (Wildman–Crippen LogP) is 2.10. The number of likely N-dealkylation sites (tertiary alicyclic amines) is 1. The lowest BCUT2D eigenvalue weighted by Gasteiger charge is -2.37. The minimum absolute atomic E-state index is 0.518. The van der Waals surface area contributed by atoms with Gasteiger partial charge in [-0.2, -0.15) is 5.26 Å². The minimum Gasteiger partial charge on any atom is -0.370 e. The molecule has 1 saturated heterocycles. The number of hydrogen-bond acceptors (Lipinski definition) is 4. The number of rotatable bonds is 2. The van der Waals surface area contributed by atoms with Gasteiger partial charge in [0.1, 0.15) is 6.07 Å². The summed E-state index contributed by atoms with van der Waals surface area (Å²) < 4.78 is 0. The van der Waals surface area contributed by atoms with E-state index in [9.17, 15) is 5.26 Å². The molecule has 0 atom stereocenters. The molecular formula is C15H22N4. The summed E-state index contributed by atoms with van der Waals surface area (Å²) in [5, 5.41) is 9.35. The zero-order chi connectivity index (χ0) is 14.0. The standard InChI is InChI=1S/C15H22N4/c1-11-9-15(14(10-16)12(2)17-11)19(4)13-5-7-18(3)8-6-13/h9,13H,5-8H2,1-4H3. The number of anilines is 1. The molecule has 0 radical (unpaired) electrons. The molecule has 2 heterocycles. The molecule has 19 heavy (non-hydrogen) atoms. The summed E-state index contributed by atoms with van der Waals surface area (Å²) in [7, 11) is 4.27. The van der Waals surface area contributed by atoms with E-state index in [2.05, 4.69) is 34.9 Å². The summed E-state index contributed by atoms with van der Waals surface area (Å²) in [6.45, 7) is 6.15. The molecule has 0 aliphatic carbocycles. The molecular weight excluding hydrogens is 236 g/mol. The van der Waals surface area contributed by atoms with Crippen LogP contribution < -0.4 is 4.90 Å². The molecule has 0 aromatic carbocycles. The first-order chi connectivity index (χ1) is 9.02. The van der Waals surface area contributed by atoms with Crippen molar-refractivity contribution in [3.05, 3.63) is 23.0 Å². The van der Waals surface area contributed by atoms with Crippen molar-refractivity contribution in [1.82, 2.24) is 9.88 Å². The molecule has 1 aromatic heterocycles. The molecule has 2 rings (SSSR count). The smallest absolute Gasteiger partial charge is 0.103 e. The highest BCUT2D eigenvalue weighted by molar-refractivity contribution is 5.61. The molecule has 0 bridgehead atoms. The quantitative estimate of drug-likeness (QED) is 0.815. The van der Waals surface area contributed by atoms with E-state index in [1.54, 1.807) is 0 Å². The predicted molar refractivity (Wildman–Crippen MR) is 77.3 cm³/mol. The third kappa shape index (κ3) is 2.87. The van der Waals surface area contributed by atoms with Gasteiger partial charge in [0.25, 0.3) is 0 Å². The van der Waals surface area contributed by atoms with Crippen molar-refractivity contribution < 1.29 is 0 Å². The Morgan fingerprint density at radius 1 is 1.37 bits per heavy atom. The fourth-order valence-electron chi connectivity index (χ4n) is 2.80. The number of hydrogen-bond donors (Lipinski definition) is 0. The van der Waals surface area contributed by atoms with Crippen LogP contribution in [0.4, 0.5) is 5.69 Å². The van der Waals surface area contributed by atoms with Gasteiger partial charge in [0.2, 0.25) is 0 Å². The second-order valence-corrected chi connectivity index (χ2v) is 5.50. The van der Waals surface area contributed by atoms with Gasteiger partial charge >= 0.3 is 0 Å². The minimum atomic E-state index is 0.518. The number of aromatic nitrogens is 1. The molecule has 4 heteroatoms. The Morgan fingerprint density at radius 2 is 2.00 bits per heavy atom. The molecule has 0 amide bonds. The number of pyridine rings is 1. The summed E-state index contributed by atoms with van der Waals surface area (Å²) in [4.78, 5) is 9.02. The molecule has 0 spiro atoms. The van der Waals surface area contributed by atoms with E-state index in [0.29, 0.717) is 11.6 Å². The summed E-state index contributed by atoms with van der Waals surface area (Å²) in [6.07, 6.45) is 2.30. The summed E-state index contributed by atoms with van der Waals surface area (Å²) in [5.41, 5.74) is 3.55. The van der Waals surface area contributed by atoms with Gasteiger partial charge in [0.05, 0.1) is 16.9 Å². The van der Waals surface area contributed by atoms with Gasteiger partial charge in [-0.15, -0.1) is 0 Å². The number of nitriles is 1. The zero-order valence-electron chi connectivity index (χ0n) is 12.3.